The van der Waals surface area contributed by atoms with E-state index in [-0.39, 0.29) is 17.9 Å². The Morgan fingerprint density at radius 1 is 1.09 bits per heavy atom. The average molecular weight is 293 g/mol. The molecule has 1 heterocycles. The van der Waals surface area contributed by atoms with Gasteiger partial charge >= 0.3 is 0 Å². The summed E-state index contributed by atoms with van der Waals surface area (Å²) in [5, 5.41) is 0. The molecule has 0 unspecified atom stereocenters. The Hall–Kier alpha value is -2.55. The fourth-order valence-corrected chi connectivity index (χ4v) is 3.05. The van der Waals surface area contributed by atoms with Gasteiger partial charge in [0.2, 0.25) is 5.91 Å². The van der Waals surface area contributed by atoms with Crippen molar-refractivity contribution in [2.75, 3.05) is 13.7 Å². The van der Waals surface area contributed by atoms with Gasteiger partial charge < -0.3 is 9.64 Å². The number of amides is 1. The van der Waals surface area contributed by atoms with E-state index in [1.807, 2.05) is 47.4 Å². The van der Waals surface area contributed by atoms with Crippen molar-refractivity contribution < 1.29 is 9.53 Å². The molecule has 22 heavy (non-hydrogen) atoms. The maximum Gasteiger partial charge on any atom is 0.233 e. The summed E-state index contributed by atoms with van der Waals surface area (Å²) in [5.41, 5.74) is 2.18. The number of hydrogen-bond acceptors (Lipinski definition) is 2. The molecule has 2 atom stereocenters. The van der Waals surface area contributed by atoms with Gasteiger partial charge in [0.15, 0.2) is 0 Å². The van der Waals surface area contributed by atoms with Crippen LogP contribution in [0.4, 0.5) is 0 Å². The van der Waals surface area contributed by atoms with Crippen LogP contribution in [-0.2, 0) is 4.79 Å². The minimum Gasteiger partial charge on any atom is -0.497 e. The second-order valence-electron chi connectivity index (χ2n) is 5.39. The molecular formula is C19H19NO2. The highest BCUT2D eigenvalue weighted by atomic mass is 16.5. The van der Waals surface area contributed by atoms with Crippen LogP contribution < -0.4 is 4.74 Å². The van der Waals surface area contributed by atoms with E-state index in [1.165, 1.54) is 0 Å². The Morgan fingerprint density at radius 2 is 1.77 bits per heavy atom. The second kappa shape index (κ2) is 6.06. The van der Waals surface area contributed by atoms with Crippen LogP contribution in [0.25, 0.3) is 0 Å². The van der Waals surface area contributed by atoms with Crippen LogP contribution in [0.2, 0.25) is 0 Å². The van der Waals surface area contributed by atoms with Gasteiger partial charge in [-0.2, -0.15) is 0 Å². The zero-order valence-electron chi connectivity index (χ0n) is 12.6. The molecule has 0 radical (unpaired) electrons. The number of rotatable bonds is 5. The molecule has 112 valence electrons. The van der Waals surface area contributed by atoms with Crippen molar-refractivity contribution in [1.29, 1.82) is 0 Å². The third-order valence-corrected chi connectivity index (χ3v) is 4.14. The van der Waals surface area contributed by atoms with Crippen LogP contribution in [-0.4, -0.2) is 24.5 Å². The van der Waals surface area contributed by atoms with Gasteiger partial charge in [-0.05, 0) is 23.3 Å². The maximum atomic E-state index is 12.5. The van der Waals surface area contributed by atoms with Gasteiger partial charge in [-0.3, -0.25) is 4.79 Å². The molecular weight excluding hydrogens is 274 g/mol. The van der Waals surface area contributed by atoms with Gasteiger partial charge in [0.1, 0.15) is 5.75 Å². The molecule has 3 rings (SSSR count). The van der Waals surface area contributed by atoms with Crippen LogP contribution >= 0.6 is 0 Å². The summed E-state index contributed by atoms with van der Waals surface area (Å²) >= 11 is 0. The molecule has 0 spiro atoms. The third kappa shape index (κ3) is 2.39. The van der Waals surface area contributed by atoms with Crippen molar-refractivity contribution in [3.63, 3.8) is 0 Å². The lowest BCUT2D eigenvalue weighted by molar-refractivity contribution is -0.149. The number of carbonyl (C=O) groups is 1. The lowest BCUT2D eigenvalue weighted by Gasteiger charge is -2.47. The molecule has 3 heteroatoms. The smallest absolute Gasteiger partial charge is 0.233 e. The zero-order chi connectivity index (χ0) is 15.5. The lowest BCUT2D eigenvalue weighted by atomic mass is 9.78. The summed E-state index contributed by atoms with van der Waals surface area (Å²) in [6.45, 7) is 4.33. The van der Waals surface area contributed by atoms with Gasteiger partial charge in [-0.25, -0.2) is 0 Å². The number of carbonyl (C=O) groups excluding carboxylic acids is 1. The van der Waals surface area contributed by atoms with Crippen molar-refractivity contribution in [2.45, 2.75) is 12.0 Å². The summed E-state index contributed by atoms with van der Waals surface area (Å²) in [4.78, 5) is 14.4. The minimum absolute atomic E-state index is 0.0695. The molecule has 0 aromatic heterocycles. The van der Waals surface area contributed by atoms with Gasteiger partial charge in [0.05, 0.1) is 19.1 Å². The summed E-state index contributed by atoms with van der Waals surface area (Å²) in [5.74, 6) is 0.821. The van der Waals surface area contributed by atoms with Crippen molar-refractivity contribution in [3.05, 3.63) is 78.4 Å². The number of nitrogens with zero attached hydrogens (tertiary/aromatic N) is 1. The Labute approximate surface area is 130 Å². The van der Waals surface area contributed by atoms with Crippen LogP contribution in [0, 0.1) is 0 Å². The van der Waals surface area contributed by atoms with Crippen molar-refractivity contribution in [3.8, 4) is 5.75 Å². The number of likely N-dealkylation sites (tertiary alicyclic amines) is 1. The van der Waals surface area contributed by atoms with E-state index in [9.17, 15) is 4.79 Å². The first-order valence-electron chi connectivity index (χ1n) is 7.36. The van der Waals surface area contributed by atoms with E-state index >= 15 is 0 Å². The predicted molar refractivity (Wildman–Crippen MR) is 86.8 cm³/mol. The molecule has 1 aliphatic rings. The minimum atomic E-state index is -0.131. The topological polar surface area (TPSA) is 29.5 Å². The molecule has 3 nitrogen and oxygen atoms in total. The third-order valence-electron chi connectivity index (χ3n) is 4.14. The molecule has 2 aromatic rings. The van der Waals surface area contributed by atoms with Crippen molar-refractivity contribution in [2.24, 2.45) is 0 Å². The largest absolute Gasteiger partial charge is 0.497 e. The number of ether oxygens (including phenoxy) is 1. The average Bonchev–Trinajstić information content (AvgIpc) is 2.58. The maximum absolute atomic E-state index is 12.5. The van der Waals surface area contributed by atoms with E-state index in [2.05, 4.69) is 18.7 Å². The highest BCUT2D eigenvalue weighted by Gasteiger charge is 2.47. The van der Waals surface area contributed by atoms with Gasteiger partial charge in [-0.1, -0.05) is 48.5 Å². The van der Waals surface area contributed by atoms with Gasteiger partial charge in [0, 0.05) is 6.54 Å². The highest BCUT2D eigenvalue weighted by Crippen LogP contribution is 2.46. The second-order valence-corrected chi connectivity index (χ2v) is 5.39. The normalized spacial score (nSPS) is 20.4. The number of β-lactam (4-membered cyclic amide) rings is 1. The quantitative estimate of drug-likeness (QED) is 0.623. The molecule has 0 N–H and O–H groups in total. The van der Waals surface area contributed by atoms with Crippen LogP contribution in [0.3, 0.4) is 0 Å². The SMILES string of the molecule is C=CCN1C(=O)[C@H](c2ccc(OC)cc2)[C@H]1c1ccccc1. The Bertz CT molecular complexity index is 664. The molecule has 1 amide bonds. The Balaban J connectivity index is 1.94. The summed E-state index contributed by atoms with van der Waals surface area (Å²) < 4.78 is 5.19. The van der Waals surface area contributed by atoms with Crippen molar-refractivity contribution in [1.82, 2.24) is 4.90 Å². The number of methoxy groups -OCH3 is 1. The summed E-state index contributed by atoms with van der Waals surface area (Å²) in [7, 11) is 1.64. The Kier molecular flexibility index (Phi) is 3.96. The van der Waals surface area contributed by atoms with Gasteiger partial charge in [-0.15, -0.1) is 6.58 Å². The molecule has 1 aliphatic heterocycles. The number of hydrogen-bond donors (Lipinski definition) is 0. The summed E-state index contributed by atoms with van der Waals surface area (Å²) in [6, 6.07) is 18.0. The first kappa shape index (κ1) is 14.4. The van der Waals surface area contributed by atoms with Crippen LogP contribution in [0.5, 0.6) is 5.75 Å². The fourth-order valence-electron chi connectivity index (χ4n) is 3.05. The van der Waals surface area contributed by atoms with E-state index < -0.39 is 0 Å². The first-order valence-corrected chi connectivity index (χ1v) is 7.36. The Morgan fingerprint density at radius 3 is 2.36 bits per heavy atom. The molecule has 1 fully saturated rings. The predicted octanol–water partition coefficient (Wildman–Crippen LogP) is 3.55. The van der Waals surface area contributed by atoms with E-state index in [0.29, 0.717) is 6.54 Å². The van der Waals surface area contributed by atoms with Crippen molar-refractivity contribution >= 4 is 5.91 Å². The van der Waals surface area contributed by atoms with Gasteiger partial charge in [0.25, 0.3) is 0 Å². The zero-order valence-corrected chi connectivity index (χ0v) is 12.6. The van der Waals surface area contributed by atoms with E-state index in [0.717, 1.165) is 16.9 Å². The molecule has 0 aliphatic carbocycles. The summed E-state index contributed by atoms with van der Waals surface area (Å²) in [6.07, 6.45) is 1.78. The molecule has 1 saturated heterocycles. The monoisotopic (exact) mass is 293 g/mol. The first-order chi connectivity index (χ1) is 10.8. The lowest BCUT2D eigenvalue weighted by Crippen LogP contribution is -2.53. The van der Waals surface area contributed by atoms with Crippen LogP contribution in [0.1, 0.15) is 23.1 Å². The molecule has 0 bridgehead atoms. The standard InChI is InChI=1S/C19H19NO2/c1-3-13-20-18(15-7-5-4-6-8-15)17(19(20)21)14-9-11-16(22-2)12-10-14/h3-12,17-18H,1,13H2,2H3/t17-,18-/m1/s1. The molecule has 2 aromatic carbocycles. The van der Waals surface area contributed by atoms with E-state index in [4.69, 9.17) is 4.74 Å². The molecule has 0 saturated carbocycles. The highest BCUT2D eigenvalue weighted by molar-refractivity contribution is 5.91. The fraction of sp³-hybridized carbons (Fsp3) is 0.211. The number of benzene rings is 2. The van der Waals surface area contributed by atoms with Crippen LogP contribution in [0.15, 0.2) is 67.3 Å². The van der Waals surface area contributed by atoms with E-state index in [1.54, 1.807) is 13.2 Å².